The van der Waals surface area contributed by atoms with Gasteiger partial charge in [-0.15, -0.1) is 0 Å². The summed E-state index contributed by atoms with van der Waals surface area (Å²) in [5.74, 6) is 1.44. The fourth-order valence-electron chi connectivity index (χ4n) is 2.63. The van der Waals surface area contributed by atoms with Gasteiger partial charge in [-0.1, -0.05) is 41.4 Å². The van der Waals surface area contributed by atoms with Crippen LogP contribution in [0.5, 0.6) is 11.5 Å². The molecule has 0 amide bonds. The lowest BCUT2D eigenvalue weighted by Crippen LogP contribution is -2.02. The van der Waals surface area contributed by atoms with Gasteiger partial charge < -0.3 is 9.47 Å². The molecule has 0 aliphatic rings. The molecule has 0 saturated heterocycles. The maximum Gasteiger partial charge on any atom is 0.175 e. The molecule has 0 saturated carbocycles. The molecule has 3 rings (SSSR count). The summed E-state index contributed by atoms with van der Waals surface area (Å²) in [4.78, 5) is 4.55. The lowest BCUT2D eigenvalue weighted by atomic mass is 10.2. The number of aryl methyl sites for hydroxylation is 1. The van der Waals surface area contributed by atoms with Gasteiger partial charge >= 0.3 is 0 Å². The molecular weight excluding hydrogens is 485 g/mol. The zero-order valence-corrected chi connectivity index (χ0v) is 18.7. The monoisotopic (exact) mass is 505 g/mol. The highest BCUT2D eigenvalue weighted by molar-refractivity contribution is 14.1. The number of benzene rings is 3. The van der Waals surface area contributed by atoms with E-state index >= 15 is 0 Å². The van der Waals surface area contributed by atoms with Crippen molar-refractivity contribution in [3.8, 4) is 11.5 Å². The second kappa shape index (κ2) is 9.94. The maximum absolute atomic E-state index is 6.06. The summed E-state index contributed by atoms with van der Waals surface area (Å²) in [7, 11) is 0. The summed E-state index contributed by atoms with van der Waals surface area (Å²) < 4.78 is 12.8. The number of aliphatic imine (C=N–C) groups is 1. The third-order valence-corrected chi connectivity index (χ3v) is 5.04. The summed E-state index contributed by atoms with van der Waals surface area (Å²) in [5.41, 5.74) is 4.10. The smallest absolute Gasteiger partial charge is 0.175 e. The minimum atomic E-state index is 0.424. The molecule has 0 bridgehead atoms. The molecule has 0 atom stereocenters. The molecule has 0 radical (unpaired) electrons. The first-order chi connectivity index (χ1) is 13.5. The Hall–Kier alpha value is -2.05. The molecule has 0 aliphatic heterocycles. The summed E-state index contributed by atoms with van der Waals surface area (Å²) in [6, 6.07) is 19.8. The molecule has 0 heterocycles. The van der Waals surface area contributed by atoms with Gasteiger partial charge in [0.25, 0.3) is 0 Å². The Morgan fingerprint density at radius 2 is 1.82 bits per heavy atom. The fourth-order valence-corrected chi connectivity index (χ4v) is 3.62. The molecule has 0 fully saturated rings. The van der Waals surface area contributed by atoms with Crippen LogP contribution in [0.2, 0.25) is 5.02 Å². The fraction of sp³-hybridized carbons (Fsp3) is 0.174. The van der Waals surface area contributed by atoms with E-state index in [0.29, 0.717) is 24.0 Å². The summed E-state index contributed by atoms with van der Waals surface area (Å²) in [6.45, 7) is 5.00. The molecule has 3 nitrogen and oxygen atoms in total. The van der Waals surface area contributed by atoms with E-state index in [1.807, 2.05) is 61.7 Å². The quantitative estimate of drug-likeness (QED) is 0.256. The van der Waals surface area contributed by atoms with Crippen LogP contribution in [0.3, 0.4) is 0 Å². The number of nitrogens with zero attached hydrogens (tertiary/aromatic N) is 1. The first kappa shape index (κ1) is 20.7. The normalized spacial score (nSPS) is 11.0. The minimum Gasteiger partial charge on any atom is -0.490 e. The summed E-state index contributed by atoms with van der Waals surface area (Å²) in [6.07, 6.45) is 1.84. The van der Waals surface area contributed by atoms with Crippen LogP contribution in [0.4, 0.5) is 5.69 Å². The van der Waals surface area contributed by atoms with Crippen LogP contribution in [0.1, 0.15) is 23.6 Å². The summed E-state index contributed by atoms with van der Waals surface area (Å²) in [5, 5.41) is 0.698. The van der Waals surface area contributed by atoms with Gasteiger partial charge in [0.1, 0.15) is 6.61 Å². The van der Waals surface area contributed by atoms with E-state index in [2.05, 4.69) is 46.6 Å². The van der Waals surface area contributed by atoms with Crippen molar-refractivity contribution >= 4 is 46.1 Å². The standard InChI is InChI=1S/C23H21ClINO2/c1-3-27-22-13-18(14-26-20-9-7-16(2)8-10-20)12-21(25)23(22)28-15-17-5-4-6-19(24)11-17/h4-14H,3,15H2,1-2H3. The Labute approximate surface area is 184 Å². The zero-order valence-electron chi connectivity index (χ0n) is 15.8. The Morgan fingerprint density at radius 1 is 1.04 bits per heavy atom. The van der Waals surface area contributed by atoms with Crippen molar-refractivity contribution in [2.75, 3.05) is 6.61 Å². The Bertz CT molecular complexity index is 971. The van der Waals surface area contributed by atoms with E-state index in [1.165, 1.54) is 5.56 Å². The first-order valence-electron chi connectivity index (χ1n) is 8.99. The molecule has 0 N–H and O–H groups in total. The maximum atomic E-state index is 6.06. The molecule has 0 spiro atoms. The van der Waals surface area contributed by atoms with Crippen molar-refractivity contribution in [3.05, 3.63) is 85.9 Å². The van der Waals surface area contributed by atoms with Crippen LogP contribution < -0.4 is 9.47 Å². The van der Waals surface area contributed by atoms with Crippen molar-refractivity contribution in [1.29, 1.82) is 0 Å². The number of ether oxygens (including phenoxy) is 2. The van der Waals surface area contributed by atoms with Crippen LogP contribution in [0, 0.1) is 10.5 Å². The Kier molecular flexibility index (Phi) is 7.34. The number of rotatable bonds is 7. The number of halogens is 2. The van der Waals surface area contributed by atoms with Crippen LogP contribution in [0.15, 0.2) is 65.7 Å². The lowest BCUT2D eigenvalue weighted by molar-refractivity contribution is 0.267. The van der Waals surface area contributed by atoms with Crippen molar-refractivity contribution in [3.63, 3.8) is 0 Å². The van der Waals surface area contributed by atoms with E-state index in [9.17, 15) is 0 Å². The third-order valence-electron chi connectivity index (χ3n) is 4.00. The molecule has 5 heteroatoms. The van der Waals surface area contributed by atoms with Crippen LogP contribution in [0.25, 0.3) is 0 Å². The SMILES string of the molecule is CCOc1cc(C=Nc2ccc(C)cc2)cc(I)c1OCc1cccc(Cl)c1. The number of hydrogen-bond donors (Lipinski definition) is 0. The first-order valence-corrected chi connectivity index (χ1v) is 10.4. The Balaban J connectivity index is 1.81. The second-order valence-electron chi connectivity index (χ2n) is 6.28. The highest BCUT2D eigenvalue weighted by atomic mass is 127. The van der Waals surface area contributed by atoms with E-state index in [-0.39, 0.29) is 0 Å². The molecule has 28 heavy (non-hydrogen) atoms. The molecule has 0 aliphatic carbocycles. The highest BCUT2D eigenvalue weighted by Gasteiger charge is 2.12. The zero-order chi connectivity index (χ0) is 19.9. The van der Waals surface area contributed by atoms with E-state index in [1.54, 1.807) is 0 Å². The van der Waals surface area contributed by atoms with Crippen LogP contribution >= 0.6 is 34.2 Å². The van der Waals surface area contributed by atoms with Gasteiger partial charge in [0.05, 0.1) is 15.9 Å². The number of hydrogen-bond acceptors (Lipinski definition) is 3. The lowest BCUT2D eigenvalue weighted by Gasteiger charge is -2.15. The van der Waals surface area contributed by atoms with Crippen molar-refractivity contribution in [2.45, 2.75) is 20.5 Å². The molecular formula is C23H21ClINO2. The van der Waals surface area contributed by atoms with E-state index < -0.39 is 0 Å². The third kappa shape index (κ3) is 5.72. The second-order valence-corrected chi connectivity index (χ2v) is 7.87. The molecule has 0 aromatic heterocycles. The van der Waals surface area contributed by atoms with Crippen LogP contribution in [-0.4, -0.2) is 12.8 Å². The van der Waals surface area contributed by atoms with Crippen molar-refractivity contribution in [2.24, 2.45) is 4.99 Å². The average Bonchev–Trinajstić information content (AvgIpc) is 2.67. The largest absolute Gasteiger partial charge is 0.490 e. The predicted octanol–water partition coefficient (Wildman–Crippen LogP) is 6.98. The van der Waals surface area contributed by atoms with Crippen LogP contribution in [-0.2, 0) is 6.61 Å². The van der Waals surface area contributed by atoms with E-state index in [4.69, 9.17) is 21.1 Å². The van der Waals surface area contributed by atoms with Gasteiger partial charge in [0.2, 0.25) is 0 Å². The predicted molar refractivity (Wildman–Crippen MR) is 125 cm³/mol. The average molecular weight is 506 g/mol. The van der Waals surface area contributed by atoms with Gasteiger partial charge in [-0.05, 0) is 84.0 Å². The molecule has 3 aromatic carbocycles. The van der Waals surface area contributed by atoms with Gasteiger partial charge in [-0.3, -0.25) is 4.99 Å². The van der Waals surface area contributed by atoms with Gasteiger partial charge in [-0.2, -0.15) is 0 Å². The molecule has 144 valence electrons. The van der Waals surface area contributed by atoms with Crippen molar-refractivity contribution < 1.29 is 9.47 Å². The van der Waals surface area contributed by atoms with Gasteiger partial charge in [0.15, 0.2) is 11.5 Å². The minimum absolute atomic E-state index is 0.424. The van der Waals surface area contributed by atoms with Gasteiger partial charge in [0, 0.05) is 11.2 Å². The topological polar surface area (TPSA) is 30.8 Å². The van der Waals surface area contributed by atoms with Crippen molar-refractivity contribution in [1.82, 2.24) is 0 Å². The van der Waals surface area contributed by atoms with E-state index in [0.717, 1.165) is 26.1 Å². The Morgan fingerprint density at radius 3 is 2.54 bits per heavy atom. The molecule has 3 aromatic rings. The summed E-state index contributed by atoms with van der Waals surface area (Å²) >= 11 is 8.32. The highest BCUT2D eigenvalue weighted by Crippen LogP contribution is 2.34. The molecule has 0 unspecified atom stereocenters. The van der Waals surface area contributed by atoms with Gasteiger partial charge in [-0.25, -0.2) is 0 Å².